The third kappa shape index (κ3) is 3.31. The predicted molar refractivity (Wildman–Crippen MR) is 77.5 cm³/mol. The topological polar surface area (TPSA) is 54.0 Å². The van der Waals surface area contributed by atoms with Crippen molar-refractivity contribution in [3.63, 3.8) is 0 Å². The van der Waals surface area contributed by atoms with Crippen LogP contribution in [0, 0.1) is 6.92 Å². The van der Waals surface area contributed by atoms with E-state index in [1.54, 1.807) is 18.5 Å². The van der Waals surface area contributed by atoms with Crippen LogP contribution in [0.25, 0.3) is 0 Å². The fraction of sp³-hybridized carbons (Fsp3) is 0.200. The Kier molecular flexibility index (Phi) is 4.13. The van der Waals surface area contributed by atoms with E-state index < -0.39 is 0 Å². The fourth-order valence-electron chi connectivity index (χ4n) is 1.76. The quantitative estimate of drug-likeness (QED) is 0.882. The van der Waals surface area contributed by atoms with E-state index >= 15 is 0 Å². The van der Waals surface area contributed by atoms with Crippen LogP contribution in [-0.2, 0) is 0 Å². The van der Waals surface area contributed by atoms with Crippen molar-refractivity contribution in [2.45, 2.75) is 13.8 Å². The van der Waals surface area contributed by atoms with Crippen molar-refractivity contribution in [1.82, 2.24) is 4.98 Å². The maximum Gasteiger partial charge on any atom is 0.259 e. The fourth-order valence-corrected chi connectivity index (χ4v) is 1.76. The van der Waals surface area contributed by atoms with Crippen LogP contribution in [-0.4, -0.2) is 17.4 Å². The summed E-state index contributed by atoms with van der Waals surface area (Å²) in [6.45, 7) is 4.76. The van der Waals surface area contributed by atoms with Gasteiger partial charge in [0.15, 0.2) is 0 Å². The molecule has 0 bridgehead atoms. The molecule has 0 saturated heterocycles. The van der Waals surface area contributed by atoms with Gasteiger partial charge in [-0.1, -0.05) is 17.7 Å². The number of hydrogen-bond donors (Lipinski definition) is 2. The highest BCUT2D eigenvalue weighted by molar-refractivity contribution is 6.07. The van der Waals surface area contributed by atoms with Gasteiger partial charge in [-0.2, -0.15) is 0 Å². The highest BCUT2D eigenvalue weighted by Gasteiger charge is 2.11. The zero-order chi connectivity index (χ0) is 13.7. The molecule has 0 saturated carbocycles. The Morgan fingerprint density at radius 2 is 1.95 bits per heavy atom. The van der Waals surface area contributed by atoms with Crippen molar-refractivity contribution in [3.05, 3.63) is 53.9 Å². The first kappa shape index (κ1) is 13.1. The molecule has 1 amide bonds. The third-order valence-corrected chi connectivity index (χ3v) is 2.74. The molecule has 2 rings (SSSR count). The second-order valence-corrected chi connectivity index (χ2v) is 4.27. The van der Waals surface area contributed by atoms with Crippen molar-refractivity contribution in [2.75, 3.05) is 17.2 Å². The van der Waals surface area contributed by atoms with Gasteiger partial charge < -0.3 is 10.6 Å². The molecule has 0 radical (unpaired) electrons. The van der Waals surface area contributed by atoms with Gasteiger partial charge in [-0.05, 0) is 32.0 Å². The normalized spacial score (nSPS) is 10.0. The van der Waals surface area contributed by atoms with Gasteiger partial charge in [0.25, 0.3) is 5.91 Å². The minimum absolute atomic E-state index is 0.159. The maximum atomic E-state index is 12.2. The summed E-state index contributed by atoms with van der Waals surface area (Å²) in [5, 5.41) is 6.02. The van der Waals surface area contributed by atoms with Crippen LogP contribution in [0.1, 0.15) is 22.8 Å². The zero-order valence-electron chi connectivity index (χ0n) is 11.1. The SMILES string of the molecule is CCNc1ccncc1C(=O)Nc1ccc(C)cc1. The third-order valence-electron chi connectivity index (χ3n) is 2.74. The number of benzene rings is 1. The number of amides is 1. The number of nitrogens with one attached hydrogen (secondary N) is 2. The lowest BCUT2D eigenvalue weighted by Gasteiger charge is -2.10. The predicted octanol–water partition coefficient (Wildman–Crippen LogP) is 3.07. The number of aromatic nitrogens is 1. The van der Waals surface area contributed by atoms with Gasteiger partial charge in [0.1, 0.15) is 0 Å². The summed E-state index contributed by atoms with van der Waals surface area (Å²) < 4.78 is 0. The monoisotopic (exact) mass is 255 g/mol. The smallest absolute Gasteiger partial charge is 0.259 e. The highest BCUT2D eigenvalue weighted by Crippen LogP contribution is 2.16. The molecule has 19 heavy (non-hydrogen) atoms. The lowest BCUT2D eigenvalue weighted by molar-refractivity contribution is 0.102. The van der Waals surface area contributed by atoms with Gasteiger partial charge in [-0.3, -0.25) is 9.78 Å². The average molecular weight is 255 g/mol. The van der Waals surface area contributed by atoms with Crippen LogP contribution in [0.5, 0.6) is 0 Å². The van der Waals surface area contributed by atoms with E-state index in [-0.39, 0.29) is 5.91 Å². The Bertz CT molecular complexity index is 564. The number of anilines is 2. The molecule has 2 aromatic rings. The summed E-state index contributed by atoms with van der Waals surface area (Å²) in [4.78, 5) is 16.2. The van der Waals surface area contributed by atoms with E-state index in [1.165, 1.54) is 0 Å². The molecule has 0 spiro atoms. The molecule has 0 aliphatic carbocycles. The number of carbonyl (C=O) groups excluding carboxylic acids is 1. The molecule has 0 atom stereocenters. The van der Waals surface area contributed by atoms with Crippen LogP contribution >= 0.6 is 0 Å². The molecule has 98 valence electrons. The van der Waals surface area contributed by atoms with Crippen molar-refractivity contribution >= 4 is 17.3 Å². The summed E-state index contributed by atoms with van der Waals surface area (Å²) in [7, 11) is 0. The highest BCUT2D eigenvalue weighted by atomic mass is 16.1. The van der Waals surface area contributed by atoms with Crippen LogP contribution in [0.4, 0.5) is 11.4 Å². The molecule has 0 aliphatic heterocycles. The second-order valence-electron chi connectivity index (χ2n) is 4.27. The van der Waals surface area contributed by atoms with E-state index in [0.29, 0.717) is 5.56 Å². The summed E-state index contributed by atoms with van der Waals surface area (Å²) in [6.07, 6.45) is 3.24. The summed E-state index contributed by atoms with van der Waals surface area (Å²) >= 11 is 0. The first-order valence-electron chi connectivity index (χ1n) is 6.26. The number of nitrogens with zero attached hydrogens (tertiary/aromatic N) is 1. The molecule has 1 aromatic heterocycles. The zero-order valence-corrected chi connectivity index (χ0v) is 11.1. The van der Waals surface area contributed by atoms with Gasteiger partial charge in [0.2, 0.25) is 0 Å². The lowest BCUT2D eigenvalue weighted by atomic mass is 10.2. The van der Waals surface area contributed by atoms with Gasteiger partial charge in [-0.25, -0.2) is 0 Å². The molecule has 0 fully saturated rings. The van der Waals surface area contributed by atoms with Gasteiger partial charge in [0.05, 0.1) is 11.3 Å². The minimum Gasteiger partial charge on any atom is -0.385 e. The minimum atomic E-state index is -0.159. The largest absolute Gasteiger partial charge is 0.385 e. The van der Waals surface area contributed by atoms with Crippen LogP contribution in [0.2, 0.25) is 0 Å². The molecule has 0 unspecified atom stereocenters. The molecule has 0 aliphatic rings. The Hall–Kier alpha value is -2.36. The van der Waals surface area contributed by atoms with Crippen LogP contribution in [0.15, 0.2) is 42.7 Å². The van der Waals surface area contributed by atoms with E-state index in [4.69, 9.17) is 0 Å². The van der Waals surface area contributed by atoms with Crippen LogP contribution in [0.3, 0.4) is 0 Å². The van der Waals surface area contributed by atoms with Crippen molar-refractivity contribution in [2.24, 2.45) is 0 Å². The van der Waals surface area contributed by atoms with E-state index in [9.17, 15) is 4.79 Å². The summed E-state index contributed by atoms with van der Waals surface area (Å²) in [6, 6.07) is 9.49. The molecule has 2 N–H and O–H groups in total. The van der Waals surface area contributed by atoms with Crippen molar-refractivity contribution in [1.29, 1.82) is 0 Å². The molecule has 4 heteroatoms. The average Bonchev–Trinajstić information content (AvgIpc) is 2.42. The van der Waals surface area contributed by atoms with E-state index in [0.717, 1.165) is 23.5 Å². The van der Waals surface area contributed by atoms with E-state index in [2.05, 4.69) is 15.6 Å². The Labute approximate surface area is 112 Å². The molecular formula is C15H17N3O. The number of rotatable bonds is 4. The number of pyridine rings is 1. The lowest BCUT2D eigenvalue weighted by Crippen LogP contribution is -2.15. The summed E-state index contributed by atoms with van der Waals surface area (Å²) in [5.41, 5.74) is 3.28. The Morgan fingerprint density at radius 1 is 1.21 bits per heavy atom. The first-order valence-corrected chi connectivity index (χ1v) is 6.26. The number of hydrogen-bond acceptors (Lipinski definition) is 3. The number of carbonyl (C=O) groups is 1. The Morgan fingerprint density at radius 3 is 2.63 bits per heavy atom. The summed E-state index contributed by atoms with van der Waals surface area (Å²) in [5.74, 6) is -0.159. The standard InChI is InChI=1S/C15H17N3O/c1-3-17-14-8-9-16-10-13(14)15(19)18-12-6-4-11(2)5-7-12/h4-10H,3H2,1-2H3,(H,16,17)(H,18,19). The molecular weight excluding hydrogens is 238 g/mol. The van der Waals surface area contributed by atoms with Gasteiger partial charge in [-0.15, -0.1) is 0 Å². The molecule has 4 nitrogen and oxygen atoms in total. The van der Waals surface area contributed by atoms with Gasteiger partial charge in [0, 0.05) is 24.6 Å². The maximum absolute atomic E-state index is 12.2. The van der Waals surface area contributed by atoms with Crippen LogP contribution < -0.4 is 10.6 Å². The van der Waals surface area contributed by atoms with Crippen molar-refractivity contribution < 1.29 is 4.79 Å². The second kappa shape index (κ2) is 6.00. The van der Waals surface area contributed by atoms with Crippen molar-refractivity contribution in [3.8, 4) is 0 Å². The molecule has 1 heterocycles. The number of aryl methyl sites for hydroxylation is 1. The van der Waals surface area contributed by atoms with E-state index in [1.807, 2.05) is 38.1 Å². The molecule has 1 aromatic carbocycles. The van der Waals surface area contributed by atoms with Gasteiger partial charge >= 0.3 is 0 Å². The first-order chi connectivity index (χ1) is 9.20. The Balaban J connectivity index is 2.18.